The summed E-state index contributed by atoms with van der Waals surface area (Å²) in [6, 6.07) is 3.13. The third-order valence-electron chi connectivity index (χ3n) is 7.21. The van der Waals surface area contributed by atoms with Gasteiger partial charge in [-0.15, -0.1) is 0 Å². The number of nitro groups is 2. The van der Waals surface area contributed by atoms with Crippen LogP contribution in [0.15, 0.2) is 34.4 Å². The molecular weight excluding hydrogens is 440 g/mol. The van der Waals surface area contributed by atoms with E-state index >= 15 is 0 Å². The Balaban J connectivity index is 1.74. The van der Waals surface area contributed by atoms with Crippen molar-refractivity contribution in [3.8, 4) is 0 Å². The Labute approximate surface area is 197 Å². The van der Waals surface area contributed by atoms with Crippen LogP contribution in [0.4, 0.5) is 17.1 Å². The molecule has 0 heterocycles. The van der Waals surface area contributed by atoms with Gasteiger partial charge >= 0.3 is 0 Å². The predicted molar refractivity (Wildman–Crippen MR) is 127 cm³/mol. The Bertz CT molecular complexity index is 1150. The zero-order valence-electron chi connectivity index (χ0n) is 20.1. The van der Waals surface area contributed by atoms with Crippen LogP contribution in [0.5, 0.6) is 0 Å². The largest absolute Gasteiger partial charge is 0.385 e. The minimum absolute atomic E-state index is 0.0329. The van der Waals surface area contributed by atoms with E-state index < -0.39 is 32.2 Å². The van der Waals surface area contributed by atoms with E-state index in [1.54, 1.807) is 0 Å². The second-order valence-corrected chi connectivity index (χ2v) is 11.9. The molecular formula is C24H30N4O6. The molecule has 3 aliphatic rings. The van der Waals surface area contributed by atoms with Crippen molar-refractivity contribution in [2.24, 2.45) is 21.3 Å². The van der Waals surface area contributed by atoms with E-state index in [-0.39, 0.29) is 28.0 Å². The number of fused-ring (bicyclic) bond motifs is 3. The minimum Gasteiger partial charge on any atom is -0.385 e. The smallest absolute Gasteiger partial charge is 0.278 e. The summed E-state index contributed by atoms with van der Waals surface area (Å²) >= 11 is 0. The molecule has 0 spiro atoms. The second-order valence-electron chi connectivity index (χ2n) is 11.9. The molecule has 1 aromatic rings. The monoisotopic (exact) mass is 470 g/mol. The van der Waals surface area contributed by atoms with Gasteiger partial charge < -0.3 is 5.11 Å². The normalized spacial score (nSPS) is 30.6. The molecule has 0 radical (unpaired) electrons. The molecule has 34 heavy (non-hydrogen) atoms. The third kappa shape index (κ3) is 4.11. The zero-order chi connectivity index (χ0) is 25.3. The van der Waals surface area contributed by atoms with Crippen LogP contribution in [-0.4, -0.2) is 32.0 Å². The van der Waals surface area contributed by atoms with Crippen LogP contribution in [0.25, 0.3) is 0 Å². The highest BCUT2D eigenvalue weighted by atomic mass is 16.6. The number of carbonyl (C=O) groups excluding carboxylic acids is 1. The van der Waals surface area contributed by atoms with Crippen molar-refractivity contribution in [1.29, 1.82) is 0 Å². The van der Waals surface area contributed by atoms with Gasteiger partial charge in [0.1, 0.15) is 5.71 Å². The maximum Gasteiger partial charge on any atom is 0.278 e. The van der Waals surface area contributed by atoms with Crippen LogP contribution in [0.1, 0.15) is 66.7 Å². The molecule has 3 aliphatic carbocycles. The number of anilines is 1. The van der Waals surface area contributed by atoms with Crippen molar-refractivity contribution in [3.63, 3.8) is 0 Å². The molecule has 4 rings (SSSR count). The number of hydrazone groups is 1. The van der Waals surface area contributed by atoms with E-state index in [0.717, 1.165) is 36.6 Å². The maximum absolute atomic E-state index is 13.8. The zero-order valence-corrected chi connectivity index (χ0v) is 20.1. The Hall–Kier alpha value is -3.14. The molecule has 2 atom stereocenters. The lowest BCUT2D eigenvalue weighted by Crippen LogP contribution is -2.56. The van der Waals surface area contributed by atoms with E-state index in [1.807, 2.05) is 13.8 Å². The van der Waals surface area contributed by atoms with Gasteiger partial charge in [0.2, 0.25) is 5.78 Å². The molecule has 1 fully saturated rings. The Kier molecular flexibility index (Phi) is 5.24. The molecule has 0 aliphatic heterocycles. The fourth-order valence-electron chi connectivity index (χ4n) is 6.83. The van der Waals surface area contributed by atoms with Gasteiger partial charge in [0, 0.05) is 23.1 Å². The number of allylic oxidation sites excluding steroid dienone is 1. The lowest BCUT2D eigenvalue weighted by molar-refractivity contribution is -0.394. The Morgan fingerprint density at radius 1 is 0.941 bits per heavy atom. The van der Waals surface area contributed by atoms with Gasteiger partial charge in [-0.05, 0) is 42.9 Å². The Morgan fingerprint density at radius 3 is 2.09 bits per heavy atom. The predicted octanol–water partition coefficient (Wildman–Crippen LogP) is 4.92. The van der Waals surface area contributed by atoms with E-state index in [2.05, 4.69) is 31.3 Å². The first-order valence-corrected chi connectivity index (χ1v) is 11.3. The van der Waals surface area contributed by atoms with Crippen LogP contribution in [0.2, 0.25) is 0 Å². The van der Waals surface area contributed by atoms with Gasteiger partial charge in [-0.3, -0.25) is 30.4 Å². The lowest BCUT2D eigenvalue weighted by atomic mass is 9.49. The van der Waals surface area contributed by atoms with Gasteiger partial charge in [-0.2, -0.15) is 5.10 Å². The number of rotatable bonds is 4. The average Bonchev–Trinajstić information content (AvgIpc) is 2.63. The highest BCUT2D eigenvalue weighted by molar-refractivity contribution is 6.49. The first kappa shape index (κ1) is 24.0. The topological polar surface area (TPSA) is 148 Å². The highest BCUT2D eigenvalue weighted by Crippen LogP contribution is 2.61. The van der Waals surface area contributed by atoms with Crippen LogP contribution in [0, 0.1) is 36.5 Å². The molecule has 1 aromatic carbocycles. The fourth-order valence-corrected chi connectivity index (χ4v) is 6.83. The summed E-state index contributed by atoms with van der Waals surface area (Å²) in [5.74, 6) is -0.332. The number of nitrogens with one attached hydrogen (secondary N) is 1. The van der Waals surface area contributed by atoms with Crippen LogP contribution in [0.3, 0.4) is 0 Å². The standard InChI is InChI=1S/C24H30N4O6/c1-21(2)11-23(5)10-14-9-22(3,4)20(19(29)18(14)24(30,12-21)13-23)26-25-15-6-16(27(31)32)8-17(7-15)28(33)34/h6-8,25,30H,9-13H2,1-5H3/b26-20-. The summed E-state index contributed by atoms with van der Waals surface area (Å²) in [5, 5.41) is 38.4. The van der Waals surface area contributed by atoms with E-state index in [4.69, 9.17) is 0 Å². The Morgan fingerprint density at radius 2 is 1.53 bits per heavy atom. The van der Waals surface area contributed by atoms with Crippen LogP contribution >= 0.6 is 0 Å². The number of benzene rings is 1. The van der Waals surface area contributed by atoms with Crippen molar-refractivity contribution < 1.29 is 19.7 Å². The van der Waals surface area contributed by atoms with Crippen molar-refractivity contribution >= 4 is 28.6 Å². The highest BCUT2D eigenvalue weighted by Gasteiger charge is 2.58. The number of hydrogen-bond donors (Lipinski definition) is 2. The molecule has 0 aromatic heterocycles. The van der Waals surface area contributed by atoms with Crippen molar-refractivity contribution in [3.05, 3.63) is 49.6 Å². The molecule has 0 saturated heterocycles. The summed E-state index contributed by atoms with van der Waals surface area (Å²) in [4.78, 5) is 34.7. The minimum atomic E-state index is -1.23. The fraction of sp³-hybridized carbons (Fsp3) is 0.583. The van der Waals surface area contributed by atoms with Gasteiger partial charge in [-0.1, -0.05) is 40.2 Å². The van der Waals surface area contributed by atoms with Crippen molar-refractivity contribution in [1.82, 2.24) is 0 Å². The summed E-state index contributed by atoms with van der Waals surface area (Å²) in [6.45, 7) is 10.2. The second kappa shape index (κ2) is 7.43. The number of hydrogen-bond acceptors (Lipinski definition) is 8. The first-order chi connectivity index (χ1) is 15.5. The van der Waals surface area contributed by atoms with Crippen molar-refractivity contribution in [2.75, 3.05) is 5.43 Å². The summed E-state index contributed by atoms with van der Waals surface area (Å²) < 4.78 is 0. The summed E-state index contributed by atoms with van der Waals surface area (Å²) in [5.41, 5.74) is 1.27. The molecule has 182 valence electrons. The van der Waals surface area contributed by atoms with Crippen LogP contribution < -0.4 is 5.43 Å². The number of carbonyl (C=O) groups is 1. The number of Topliss-reactive ketones (excluding diaryl/α,β-unsaturated/α-hetero) is 1. The number of non-ortho nitro benzene ring substituents is 2. The van der Waals surface area contributed by atoms with Crippen molar-refractivity contribution in [2.45, 2.75) is 72.3 Å². The summed E-state index contributed by atoms with van der Waals surface area (Å²) in [7, 11) is 0. The molecule has 10 heteroatoms. The molecule has 2 unspecified atom stereocenters. The first-order valence-electron chi connectivity index (χ1n) is 11.3. The van der Waals surface area contributed by atoms with Gasteiger partial charge in [0.05, 0.1) is 27.2 Å². The number of nitrogens with zero attached hydrogens (tertiary/aromatic N) is 3. The lowest BCUT2D eigenvalue weighted by Gasteiger charge is -2.57. The van der Waals surface area contributed by atoms with Gasteiger partial charge in [-0.25, -0.2) is 0 Å². The number of ketones is 1. The van der Waals surface area contributed by atoms with E-state index in [9.17, 15) is 30.1 Å². The van der Waals surface area contributed by atoms with Gasteiger partial charge in [0.25, 0.3) is 11.4 Å². The van der Waals surface area contributed by atoms with E-state index in [1.165, 1.54) is 0 Å². The average molecular weight is 471 g/mol. The van der Waals surface area contributed by atoms with E-state index in [0.29, 0.717) is 24.8 Å². The SMILES string of the molecule is CC1(C)CC2(C)CC3=C(C(=O)/C(=N/Nc4cc([N+](=O)[O-])cc([N+](=O)[O-])c4)C(C)(C)C3)C(O)(C1)C2. The quantitative estimate of drug-likeness (QED) is 0.469. The molecule has 2 N–H and O–H groups in total. The number of aliphatic hydroxyl groups is 1. The van der Waals surface area contributed by atoms with Crippen LogP contribution in [-0.2, 0) is 4.79 Å². The van der Waals surface area contributed by atoms with Gasteiger partial charge in [0.15, 0.2) is 0 Å². The molecule has 0 amide bonds. The molecule has 2 bridgehead atoms. The molecule has 10 nitrogen and oxygen atoms in total. The third-order valence-corrected chi connectivity index (χ3v) is 7.21. The summed E-state index contributed by atoms with van der Waals surface area (Å²) in [6.07, 6.45) is 3.29. The maximum atomic E-state index is 13.8. The number of nitro benzene ring substituents is 2. The molecule has 1 saturated carbocycles.